The van der Waals surface area contributed by atoms with Crippen molar-refractivity contribution >= 4 is 41.1 Å². The Balaban J connectivity index is 1.37. The predicted octanol–water partition coefficient (Wildman–Crippen LogP) is 5.57. The van der Waals surface area contributed by atoms with E-state index in [9.17, 15) is 19.5 Å². The van der Waals surface area contributed by atoms with Crippen molar-refractivity contribution in [1.82, 2.24) is 14.7 Å². The second-order valence-corrected chi connectivity index (χ2v) is 13.3. The molecule has 1 spiro atoms. The van der Waals surface area contributed by atoms with Gasteiger partial charge >= 0.3 is 12.0 Å². The van der Waals surface area contributed by atoms with E-state index < -0.39 is 28.8 Å². The summed E-state index contributed by atoms with van der Waals surface area (Å²) in [5, 5.41) is 10.8. The summed E-state index contributed by atoms with van der Waals surface area (Å²) in [7, 11) is 0. The summed E-state index contributed by atoms with van der Waals surface area (Å²) in [6, 6.07) is 5.14. The molecule has 3 amide bonds. The minimum absolute atomic E-state index is 0.0969. The number of rotatable bonds is 9. The van der Waals surface area contributed by atoms with Crippen molar-refractivity contribution in [2.24, 2.45) is 5.92 Å². The highest BCUT2D eigenvalue weighted by molar-refractivity contribution is 6.35. The van der Waals surface area contributed by atoms with Gasteiger partial charge in [0.1, 0.15) is 5.54 Å². The summed E-state index contributed by atoms with van der Waals surface area (Å²) in [4.78, 5) is 45.2. The molecule has 2 atom stereocenters. The normalized spacial score (nSPS) is 26.7. The zero-order chi connectivity index (χ0) is 29.6. The highest BCUT2D eigenvalue weighted by Gasteiger charge is 2.59. The third-order valence-electron chi connectivity index (χ3n) is 9.52. The molecule has 222 valence electrons. The van der Waals surface area contributed by atoms with Crippen LogP contribution < -0.4 is 0 Å². The van der Waals surface area contributed by atoms with Crippen molar-refractivity contribution in [2.45, 2.75) is 82.1 Å². The zero-order valence-corrected chi connectivity index (χ0v) is 25.5. The summed E-state index contributed by atoms with van der Waals surface area (Å²) in [5.41, 5.74) is -2.01. The Morgan fingerprint density at radius 2 is 1.85 bits per heavy atom. The molecule has 41 heavy (non-hydrogen) atoms. The minimum Gasteiger partial charge on any atom is -0.479 e. The Hall–Kier alpha value is -2.39. The lowest BCUT2D eigenvalue weighted by atomic mass is 9.80. The van der Waals surface area contributed by atoms with Crippen LogP contribution in [0.4, 0.5) is 4.79 Å². The molecule has 2 saturated heterocycles. The lowest BCUT2D eigenvalue weighted by Gasteiger charge is -2.51. The number of carbonyl (C=O) groups is 3. The second-order valence-electron chi connectivity index (χ2n) is 12.5. The van der Waals surface area contributed by atoms with Gasteiger partial charge in [0.25, 0.3) is 5.91 Å². The first kappa shape index (κ1) is 30.1. The number of nitrogens with zero attached hydrogens (tertiary/aromatic N) is 3. The molecule has 0 bridgehead atoms. The highest BCUT2D eigenvalue weighted by Crippen LogP contribution is 2.42. The Kier molecular flexibility index (Phi) is 8.34. The van der Waals surface area contributed by atoms with E-state index in [0.29, 0.717) is 61.4 Å². The van der Waals surface area contributed by atoms with E-state index in [1.54, 1.807) is 30.9 Å². The number of carbonyl (C=O) groups excluding carboxylic acids is 2. The number of aliphatic carboxylic acids is 1. The van der Waals surface area contributed by atoms with Gasteiger partial charge < -0.3 is 14.7 Å². The number of hydrogen-bond donors (Lipinski definition) is 1. The number of benzene rings is 1. The van der Waals surface area contributed by atoms with Gasteiger partial charge in [0.2, 0.25) is 0 Å². The number of urea groups is 1. The van der Waals surface area contributed by atoms with Gasteiger partial charge in [-0.3, -0.25) is 14.6 Å². The molecular weight excluding hydrogens is 565 g/mol. The quantitative estimate of drug-likeness (QED) is 0.371. The lowest BCUT2D eigenvalue weighted by Crippen LogP contribution is -2.63. The summed E-state index contributed by atoms with van der Waals surface area (Å²) in [6.07, 6.45) is 12.0. The third-order valence-corrected chi connectivity index (χ3v) is 10.1. The summed E-state index contributed by atoms with van der Waals surface area (Å²) in [5.74, 6) is -0.752. The molecule has 5 rings (SSSR count). The molecule has 2 aliphatic carbocycles. The summed E-state index contributed by atoms with van der Waals surface area (Å²) < 4.78 is 6.13. The number of halogens is 2. The molecule has 2 aliphatic heterocycles. The zero-order valence-electron chi connectivity index (χ0n) is 23.9. The number of allylic oxidation sites excluding steroid dienone is 2. The van der Waals surface area contributed by atoms with E-state index in [4.69, 9.17) is 27.9 Å². The van der Waals surface area contributed by atoms with Crippen molar-refractivity contribution in [1.29, 1.82) is 0 Å². The number of carboxylic acids is 1. The Bertz CT molecular complexity index is 1270. The van der Waals surface area contributed by atoms with E-state index in [2.05, 4.69) is 4.90 Å². The summed E-state index contributed by atoms with van der Waals surface area (Å²) >= 11 is 12.5. The van der Waals surface area contributed by atoms with Crippen LogP contribution in [0.25, 0.3) is 0 Å². The fraction of sp³-hybridized carbons (Fsp3) is 0.581. The van der Waals surface area contributed by atoms with Crippen LogP contribution in [-0.4, -0.2) is 86.7 Å². The molecule has 8 nitrogen and oxygen atoms in total. The van der Waals surface area contributed by atoms with Gasteiger partial charge in [-0.25, -0.2) is 9.59 Å². The largest absolute Gasteiger partial charge is 0.479 e. The average Bonchev–Trinajstić information content (AvgIpc) is 3.07. The molecule has 0 radical (unpaired) electrons. The maximum atomic E-state index is 14.1. The fourth-order valence-corrected chi connectivity index (χ4v) is 7.01. The van der Waals surface area contributed by atoms with E-state index in [0.717, 1.165) is 24.8 Å². The average molecular weight is 605 g/mol. The summed E-state index contributed by atoms with van der Waals surface area (Å²) in [6.45, 7) is 7.11. The maximum absolute atomic E-state index is 14.1. The number of hydrogen-bond acceptors (Lipinski definition) is 5. The number of likely N-dealkylation sites (tertiary alicyclic amines) is 1. The molecular formula is C31H39Cl2N3O5. The van der Waals surface area contributed by atoms with Crippen LogP contribution >= 0.6 is 23.2 Å². The first-order valence-corrected chi connectivity index (χ1v) is 15.2. The van der Waals surface area contributed by atoms with Crippen LogP contribution in [0.2, 0.25) is 10.0 Å². The lowest BCUT2D eigenvalue weighted by molar-refractivity contribution is -0.173. The van der Waals surface area contributed by atoms with Crippen LogP contribution in [0.1, 0.15) is 58.4 Å². The van der Waals surface area contributed by atoms with Gasteiger partial charge in [0.15, 0.2) is 5.60 Å². The molecule has 10 heteroatoms. The smallest absolute Gasteiger partial charge is 0.335 e. The molecule has 0 aromatic heterocycles. The molecule has 1 N–H and O–H groups in total. The van der Waals surface area contributed by atoms with Crippen molar-refractivity contribution in [2.75, 3.05) is 26.2 Å². The maximum Gasteiger partial charge on any atom is 0.335 e. The van der Waals surface area contributed by atoms with Gasteiger partial charge in [-0.2, -0.15) is 0 Å². The standard InChI is InChI=1S/C31H39Cl2N3O5/c1-29(2,27(38)39)41-25-9-4-5-13-30(25,3)34-17-14-31(15-18-34)26(37)35(20-21-7-6-8-21)28(40)36(31)16-12-22-10-11-23(32)19-24(22)33/h4-5,9-11,13,19,21,25H,6-8,12,14-18,20H2,1-3H3,(H,38,39). The molecule has 1 aromatic rings. The first-order valence-electron chi connectivity index (χ1n) is 14.5. The monoisotopic (exact) mass is 603 g/mol. The van der Waals surface area contributed by atoms with Gasteiger partial charge in [-0.15, -0.1) is 0 Å². The number of imide groups is 1. The Labute approximate surface area is 251 Å². The van der Waals surface area contributed by atoms with E-state index >= 15 is 0 Å². The third kappa shape index (κ3) is 5.56. The number of piperidine rings is 1. The Morgan fingerprint density at radius 1 is 1.15 bits per heavy atom. The number of ether oxygens (including phenoxy) is 1. The van der Waals surface area contributed by atoms with Crippen molar-refractivity contribution in [3.05, 3.63) is 58.1 Å². The predicted molar refractivity (Wildman–Crippen MR) is 158 cm³/mol. The van der Waals surface area contributed by atoms with Crippen LogP contribution in [0.3, 0.4) is 0 Å². The van der Waals surface area contributed by atoms with Crippen molar-refractivity contribution in [3.63, 3.8) is 0 Å². The molecule has 2 heterocycles. The van der Waals surface area contributed by atoms with Gasteiger partial charge in [0.05, 0.1) is 11.6 Å². The fourth-order valence-electron chi connectivity index (χ4n) is 6.50. The highest BCUT2D eigenvalue weighted by atomic mass is 35.5. The molecule has 4 aliphatic rings. The first-order chi connectivity index (χ1) is 19.4. The van der Waals surface area contributed by atoms with Crippen LogP contribution in [0, 0.1) is 5.92 Å². The molecule has 3 fully saturated rings. The topological polar surface area (TPSA) is 90.4 Å². The minimum atomic E-state index is -1.37. The molecule has 2 unspecified atom stereocenters. The van der Waals surface area contributed by atoms with E-state index in [1.165, 1.54) is 4.90 Å². The van der Waals surface area contributed by atoms with Gasteiger partial charge in [-0.05, 0) is 76.5 Å². The molecule has 1 aromatic carbocycles. The van der Waals surface area contributed by atoms with Crippen molar-refractivity contribution in [3.8, 4) is 0 Å². The van der Waals surface area contributed by atoms with Crippen LogP contribution in [-0.2, 0) is 20.7 Å². The van der Waals surface area contributed by atoms with Crippen LogP contribution in [0.15, 0.2) is 42.5 Å². The second kappa shape index (κ2) is 11.4. The van der Waals surface area contributed by atoms with Crippen LogP contribution in [0.5, 0.6) is 0 Å². The van der Waals surface area contributed by atoms with Gasteiger partial charge in [-0.1, -0.05) is 60.0 Å². The van der Waals surface area contributed by atoms with E-state index in [1.807, 2.05) is 37.3 Å². The van der Waals surface area contributed by atoms with E-state index in [-0.39, 0.29) is 11.9 Å². The number of carboxylic acid groups (broad SMARTS) is 1. The van der Waals surface area contributed by atoms with Crippen molar-refractivity contribution < 1.29 is 24.2 Å². The van der Waals surface area contributed by atoms with Gasteiger partial charge in [0, 0.05) is 36.2 Å². The Morgan fingerprint density at radius 3 is 2.46 bits per heavy atom. The molecule has 1 saturated carbocycles. The number of amides is 3. The SMILES string of the molecule is CC(C)(OC1C=CC=CC1(C)N1CCC2(CC1)C(=O)N(CC1CCC1)C(=O)N2CCc1ccc(Cl)cc1Cl)C(=O)O.